The second-order valence-electron chi connectivity index (χ2n) is 5.70. The van der Waals surface area contributed by atoms with E-state index in [-0.39, 0.29) is 17.0 Å². The van der Waals surface area contributed by atoms with E-state index in [1.807, 2.05) is 12.1 Å². The molecule has 0 atom stereocenters. The summed E-state index contributed by atoms with van der Waals surface area (Å²) in [6.07, 6.45) is 3.36. The van der Waals surface area contributed by atoms with E-state index in [0.29, 0.717) is 27.9 Å². The maximum Gasteiger partial charge on any atom is 0.300 e. The van der Waals surface area contributed by atoms with Crippen molar-refractivity contribution in [3.05, 3.63) is 82.7 Å². The predicted octanol–water partition coefficient (Wildman–Crippen LogP) is 3.32. The highest BCUT2D eigenvalue weighted by Crippen LogP contribution is 2.24. The number of benzene rings is 2. The molecule has 0 radical (unpaired) electrons. The molecule has 136 valence electrons. The molecule has 6 nitrogen and oxygen atoms in total. The van der Waals surface area contributed by atoms with Crippen LogP contribution in [0.5, 0.6) is 5.75 Å². The van der Waals surface area contributed by atoms with Gasteiger partial charge in [0, 0.05) is 18.1 Å². The zero-order chi connectivity index (χ0) is 18.8. The number of thioether (sulfide) groups is 1. The fourth-order valence-corrected chi connectivity index (χ4v) is 3.64. The van der Waals surface area contributed by atoms with Crippen LogP contribution in [0.4, 0.5) is 4.39 Å². The third-order valence-corrected chi connectivity index (χ3v) is 5.09. The van der Waals surface area contributed by atoms with Crippen LogP contribution in [0.25, 0.3) is 11.3 Å². The molecule has 0 amide bonds. The number of aromatic nitrogens is 4. The Bertz CT molecular complexity index is 1170. The number of rotatable bonds is 5. The molecule has 0 saturated carbocycles. The van der Waals surface area contributed by atoms with E-state index < -0.39 is 0 Å². The fraction of sp³-hybridized carbons (Fsp3) is 0.105. The molecule has 0 fully saturated rings. The maximum absolute atomic E-state index is 13.8. The number of ether oxygens (including phenoxy) is 1. The third-order valence-electron chi connectivity index (χ3n) is 4.10. The summed E-state index contributed by atoms with van der Waals surface area (Å²) in [6, 6.07) is 13.8. The molecule has 2 aromatic carbocycles. The molecule has 0 saturated heterocycles. The molecule has 27 heavy (non-hydrogen) atoms. The van der Waals surface area contributed by atoms with E-state index in [0.717, 1.165) is 0 Å². The molecule has 0 aliphatic carbocycles. The number of fused-ring (bicyclic) bond motifs is 1. The van der Waals surface area contributed by atoms with Gasteiger partial charge in [-0.05, 0) is 23.8 Å². The molecule has 0 bridgehead atoms. The number of hydrogen-bond acceptors (Lipinski definition) is 5. The summed E-state index contributed by atoms with van der Waals surface area (Å²) >= 11 is 1.32. The highest BCUT2D eigenvalue weighted by atomic mass is 32.2. The van der Waals surface area contributed by atoms with E-state index >= 15 is 0 Å². The number of para-hydroxylation sites is 2. The van der Waals surface area contributed by atoms with Gasteiger partial charge >= 0.3 is 5.56 Å². The van der Waals surface area contributed by atoms with Crippen LogP contribution in [0.2, 0.25) is 0 Å². The standard InChI is InChI=1S/C19H15FN4O2S/c1-26-16-9-5-4-8-15(16)23-10-11-24-17(18(23)25)21-22-19(24)27-12-13-6-2-3-7-14(13)20/h2-11H,12H2,1H3. The number of methoxy groups -OCH3 is 1. The highest BCUT2D eigenvalue weighted by molar-refractivity contribution is 7.98. The monoisotopic (exact) mass is 382 g/mol. The Labute approximate surface area is 158 Å². The van der Waals surface area contributed by atoms with E-state index in [1.54, 1.807) is 54.2 Å². The molecule has 4 aromatic rings. The van der Waals surface area contributed by atoms with Gasteiger partial charge in [-0.3, -0.25) is 13.8 Å². The Balaban J connectivity index is 1.70. The molecule has 2 aromatic heterocycles. The van der Waals surface area contributed by atoms with Crippen LogP contribution >= 0.6 is 11.8 Å². The maximum atomic E-state index is 13.8. The molecular weight excluding hydrogens is 367 g/mol. The lowest BCUT2D eigenvalue weighted by Gasteiger charge is -2.10. The van der Waals surface area contributed by atoms with E-state index in [2.05, 4.69) is 10.2 Å². The summed E-state index contributed by atoms with van der Waals surface area (Å²) in [7, 11) is 1.55. The summed E-state index contributed by atoms with van der Waals surface area (Å²) in [6.45, 7) is 0. The van der Waals surface area contributed by atoms with Crippen LogP contribution in [0.3, 0.4) is 0 Å². The van der Waals surface area contributed by atoms with E-state index in [9.17, 15) is 9.18 Å². The quantitative estimate of drug-likeness (QED) is 0.496. The number of hydrogen-bond donors (Lipinski definition) is 0. The van der Waals surface area contributed by atoms with Crippen LogP contribution in [0, 0.1) is 5.82 Å². The van der Waals surface area contributed by atoms with Crippen molar-refractivity contribution < 1.29 is 9.13 Å². The van der Waals surface area contributed by atoms with Gasteiger partial charge in [0.05, 0.1) is 12.8 Å². The van der Waals surface area contributed by atoms with Gasteiger partial charge in [-0.15, -0.1) is 10.2 Å². The lowest BCUT2D eigenvalue weighted by atomic mass is 10.2. The lowest BCUT2D eigenvalue weighted by molar-refractivity contribution is 0.412. The molecule has 4 rings (SSSR count). The molecule has 0 spiro atoms. The van der Waals surface area contributed by atoms with Crippen LogP contribution in [-0.2, 0) is 5.75 Å². The highest BCUT2D eigenvalue weighted by Gasteiger charge is 2.14. The van der Waals surface area contributed by atoms with E-state index in [1.165, 1.54) is 22.4 Å². The third kappa shape index (κ3) is 3.19. The minimum absolute atomic E-state index is 0.194. The molecule has 0 aliphatic heterocycles. The Morgan fingerprint density at radius 2 is 1.85 bits per heavy atom. The number of halogens is 1. The van der Waals surface area contributed by atoms with Crippen molar-refractivity contribution in [3.63, 3.8) is 0 Å². The molecule has 0 unspecified atom stereocenters. The lowest BCUT2D eigenvalue weighted by Crippen LogP contribution is -2.20. The minimum Gasteiger partial charge on any atom is -0.495 e. The topological polar surface area (TPSA) is 61.4 Å². The molecular formula is C19H15FN4O2S. The van der Waals surface area contributed by atoms with Crippen molar-refractivity contribution in [2.45, 2.75) is 10.9 Å². The largest absolute Gasteiger partial charge is 0.495 e. The Morgan fingerprint density at radius 3 is 2.67 bits per heavy atom. The Morgan fingerprint density at radius 1 is 1.07 bits per heavy atom. The Hall–Kier alpha value is -3.13. The van der Waals surface area contributed by atoms with Crippen molar-refractivity contribution >= 4 is 17.4 Å². The van der Waals surface area contributed by atoms with Gasteiger partial charge in [0.15, 0.2) is 5.16 Å². The SMILES string of the molecule is COc1ccccc1-n1ccn2c(SCc3ccccc3F)nnc2c1=O. The van der Waals surface area contributed by atoms with Crippen LogP contribution in [0.15, 0.2) is 70.9 Å². The molecule has 0 aliphatic rings. The van der Waals surface area contributed by atoms with Crippen LogP contribution in [0.1, 0.15) is 5.56 Å². The van der Waals surface area contributed by atoms with Crippen molar-refractivity contribution in [1.82, 2.24) is 19.2 Å². The fourth-order valence-electron chi connectivity index (χ4n) is 2.74. The average Bonchev–Trinajstić information content (AvgIpc) is 3.12. The molecule has 2 heterocycles. The minimum atomic E-state index is -0.313. The first kappa shape index (κ1) is 17.3. The van der Waals surface area contributed by atoms with Crippen molar-refractivity contribution in [3.8, 4) is 11.4 Å². The summed E-state index contributed by atoms with van der Waals surface area (Å²) in [5.41, 5.74) is 1.07. The van der Waals surface area contributed by atoms with Crippen molar-refractivity contribution in [2.75, 3.05) is 7.11 Å². The molecule has 0 N–H and O–H groups in total. The summed E-state index contributed by atoms with van der Waals surface area (Å²) in [5, 5.41) is 8.63. The summed E-state index contributed by atoms with van der Waals surface area (Å²) < 4.78 is 22.2. The second kappa shape index (κ2) is 7.24. The molecule has 8 heteroatoms. The second-order valence-corrected chi connectivity index (χ2v) is 6.64. The summed E-state index contributed by atoms with van der Waals surface area (Å²) in [4.78, 5) is 12.9. The first-order chi connectivity index (χ1) is 13.2. The van der Waals surface area contributed by atoms with Gasteiger partial charge in [-0.2, -0.15) is 0 Å². The number of nitrogens with zero attached hydrogens (tertiary/aromatic N) is 4. The van der Waals surface area contributed by atoms with Crippen LogP contribution < -0.4 is 10.3 Å². The first-order valence-corrected chi connectivity index (χ1v) is 9.13. The van der Waals surface area contributed by atoms with Gasteiger partial charge in [0.1, 0.15) is 11.6 Å². The van der Waals surface area contributed by atoms with Gasteiger partial charge in [0.2, 0.25) is 5.65 Å². The van der Waals surface area contributed by atoms with Crippen molar-refractivity contribution in [2.24, 2.45) is 0 Å². The average molecular weight is 382 g/mol. The van der Waals surface area contributed by atoms with Crippen LogP contribution in [-0.4, -0.2) is 26.3 Å². The van der Waals surface area contributed by atoms with E-state index in [4.69, 9.17) is 4.74 Å². The van der Waals surface area contributed by atoms with Gasteiger partial charge < -0.3 is 4.74 Å². The van der Waals surface area contributed by atoms with Gasteiger partial charge in [0.25, 0.3) is 0 Å². The smallest absolute Gasteiger partial charge is 0.300 e. The Kier molecular flexibility index (Phi) is 4.64. The zero-order valence-corrected chi connectivity index (χ0v) is 15.2. The summed E-state index contributed by atoms with van der Waals surface area (Å²) in [5.74, 6) is 0.707. The zero-order valence-electron chi connectivity index (χ0n) is 14.4. The van der Waals surface area contributed by atoms with Crippen molar-refractivity contribution in [1.29, 1.82) is 0 Å². The first-order valence-electron chi connectivity index (χ1n) is 8.15. The normalized spacial score (nSPS) is 11.0. The van der Waals surface area contributed by atoms with Gasteiger partial charge in [-0.25, -0.2) is 4.39 Å². The van der Waals surface area contributed by atoms with Gasteiger partial charge in [-0.1, -0.05) is 42.1 Å². The predicted molar refractivity (Wildman–Crippen MR) is 101 cm³/mol.